The van der Waals surface area contributed by atoms with Crippen LogP contribution in [-0.2, 0) is 0 Å². The molecule has 1 amide bonds. The number of aromatic nitrogens is 2. The van der Waals surface area contributed by atoms with E-state index in [1.807, 2.05) is 36.0 Å². The van der Waals surface area contributed by atoms with Gasteiger partial charge in [-0.2, -0.15) is 0 Å². The number of rotatable bonds is 5. The molecule has 0 aliphatic carbocycles. The fraction of sp³-hybridized carbons (Fsp3) is 0.421. The molecule has 27 heavy (non-hydrogen) atoms. The second-order valence-electron chi connectivity index (χ2n) is 6.46. The maximum Gasteiger partial charge on any atom is 0.257 e. The highest BCUT2D eigenvalue weighted by atomic mass is 16.5. The van der Waals surface area contributed by atoms with Gasteiger partial charge in [0.1, 0.15) is 0 Å². The van der Waals surface area contributed by atoms with E-state index in [0.717, 1.165) is 11.6 Å². The summed E-state index contributed by atoms with van der Waals surface area (Å²) < 4.78 is 10.7. The Kier molecular flexibility index (Phi) is 5.63. The first-order chi connectivity index (χ1) is 13.0. The third-order valence-electron chi connectivity index (χ3n) is 4.62. The van der Waals surface area contributed by atoms with Gasteiger partial charge in [0.25, 0.3) is 5.91 Å². The van der Waals surface area contributed by atoms with E-state index < -0.39 is 0 Å². The molecule has 1 aromatic carbocycles. The summed E-state index contributed by atoms with van der Waals surface area (Å²) in [5, 5.41) is 8.52. The highest BCUT2D eigenvalue weighted by Crippen LogP contribution is 2.31. The minimum absolute atomic E-state index is 0.0561. The molecular formula is C19H25N5O3. The summed E-state index contributed by atoms with van der Waals surface area (Å²) in [4.78, 5) is 18.8. The standard InChI is InChI=1S/C19H25N5O3/c1-22(2)16-8-9-17(21-20-16)23-10-12-24(13-11-23)19(25)14-6-5-7-15(26-3)18(14)27-4/h5-9H,10-13H2,1-4H3. The molecule has 8 heteroatoms. The Balaban J connectivity index is 1.68. The van der Waals surface area contributed by atoms with E-state index in [2.05, 4.69) is 15.1 Å². The number of carbonyl (C=O) groups excluding carboxylic acids is 1. The van der Waals surface area contributed by atoms with Crippen molar-refractivity contribution in [2.45, 2.75) is 0 Å². The number of hydrogen-bond acceptors (Lipinski definition) is 7. The molecule has 1 fully saturated rings. The average molecular weight is 371 g/mol. The number of piperazine rings is 1. The molecule has 2 heterocycles. The molecule has 0 unspecified atom stereocenters. The minimum Gasteiger partial charge on any atom is -0.493 e. The topological polar surface area (TPSA) is 71.0 Å². The molecule has 0 N–H and O–H groups in total. The zero-order valence-electron chi connectivity index (χ0n) is 16.2. The number of methoxy groups -OCH3 is 2. The largest absolute Gasteiger partial charge is 0.493 e. The summed E-state index contributed by atoms with van der Waals surface area (Å²) in [6, 6.07) is 9.25. The number of nitrogens with zero attached hydrogens (tertiary/aromatic N) is 5. The lowest BCUT2D eigenvalue weighted by Crippen LogP contribution is -2.49. The van der Waals surface area contributed by atoms with Gasteiger partial charge in [0, 0.05) is 40.3 Å². The van der Waals surface area contributed by atoms with Crippen molar-refractivity contribution in [3.05, 3.63) is 35.9 Å². The van der Waals surface area contributed by atoms with Crippen LogP contribution in [0.5, 0.6) is 11.5 Å². The molecule has 144 valence electrons. The molecule has 0 bridgehead atoms. The quantitative estimate of drug-likeness (QED) is 0.789. The van der Waals surface area contributed by atoms with Crippen LogP contribution in [0.1, 0.15) is 10.4 Å². The van der Waals surface area contributed by atoms with Gasteiger partial charge in [0.2, 0.25) is 0 Å². The normalized spacial score (nSPS) is 14.1. The summed E-state index contributed by atoms with van der Waals surface area (Å²) in [7, 11) is 6.97. The fourth-order valence-corrected chi connectivity index (χ4v) is 3.09. The van der Waals surface area contributed by atoms with Crippen molar-refractivity contribution < 1.29 is 14.3 Å². The molecule has 8 nitrogen and oxygen atoms in total. The van der Waals surface area contributed by atoms with Gasteiger partial charge in [-0.1, -0.05) is 6.07 Å². The number of ether oxygens (including phenoxy) is 2. The lowest BCUT2D eigenvalue weighted by Gasteiger charge is -2.35. The lowest BCUT2D eigenvalue weighted by molar-refractivity contribution is 0.0742. The molecular weight excluding hydrogens is 346 g/mol. The first-order valence-electron chi connectivity index (χ1n) is 8.81. The molecule has 1 aliphatic rings. The van der Waals surface area contributed by atoms with Crippen molar-refractivity contribution in [3.8, 4) is 11.5 Å². The smallest absolute Gasteiger partial charge is 0.257 e. The van der Waals surface area contributed by atoms with Gasteiger partial charge in [-0.25, -0.2) is 0 Å². The number of hydrogen-bond donors (Lipinski definition) is 0. The van der Waals surface area contributed by atoms with Crippen LogP contribution in [0.2, 0.25) is 0 Å². The van der Waals surface area contributed by atoms with Crippen LogP contribution >= 0.6 is 0 Å². The van der Waals surface area contributed by atoms with Crippen molar-refractivity contribution in [2.75, 3.05) is 64.3 Å². The van der Waals surface area contributed by atoms with E-state index in [9.17, 15) is 4.79 Å². The molecule has 1 aliphatic heterocycles. The molecule has 1 aromatic heterocycles. The predicted molar refractivity (Wildman–Crippen MR) is 104 cm³/mol. The third-order valence-corrected chi connectivity index (χ3v) is 4.62. The average Bonchev–Trinajstić information content (AvgIpc) is 2.72. The second kappa shape index (κ2) is 8.11. The zero-order chi connectivity index (χ0) is 19.4. The second-order valence-corrected chi connectivity index (χ2v) is 6.46. The van der Waals surface area contributed by atoms with Crippen LogP contribution in [0.15, 0.2) is 30.3 Å². The summed E-state index contributed by atoms with van der Waals surface area (Å²) in [6.07, 6.45) is 0. The van der Waals surface area contributed by atoms with Gasteiger partial charge in [0.15, 0.2) is 23.1 Å². The summed E-state index contributed by atoms with van der Waals surface area (Å²) in [5.41, 5.74) is 0.514. The van der Waals surface area contributed by atoms with Gasteiger partial charge in [-0.15, -0.1) is 10.2 Å². The molecule has 0 radical (unpaired) electrons. The van der Waals surface area contributed by atoms with Gasteiger partial charge in [0.05, 0.1) is 19.8 Å². The predicted octanol–water partition coefficient (Wildman–Crippen LogP) is 1.52. The summed E-state index contributed by atoms with van der Waals surface area (Å²) in [5.74, 6) is 2.61. The lowest BCUT2D eigenvalue weighted by atomic mass is 10.1. The zero-order valence-corrected chi connectivity index (χ0v) is 16.2. The van der Waals surface area contributed by atoms with Crippen LogP contribution in [0.25, 0.3) is 0 Å². The third kappa shape index (κ3) is 3.89. The van der Waals surface area contributed by atoms with Gasteiger partial charge < -0.3 is 24.2 Å². The van der Waals surface area contributed by atoms with Crippen LogP contribution in [-0.4, -0.2) is 75.5 Å². The Morgan fingerprint density at radius 1 is 1.00 bits per heavy atom. The number of benzene rings is 1. The molecule has 2 aromatic rings. The first-order valence-corrected chi connectivity index (χ1v) is 8.81. The number of anilines is 2. The van der Waals surface area contributed by atoms with Crippen LogP contribution < -0.4 is 19.3 Å². The molecule has 1 saturated heterocycles. The molecule has 0 spiro atoms. The van der Waals surface area contributed by atoms with E-state index in [1.54, 1.807) is 32.4 Å². The number of para-hydroxylation sites is 1. The Morgan fingerprint density at radius 2 is 1.74 bits per heavy atom. The maximum atomic E-state index is 12.9. The Bertz CT molecular complexity index is 786. The van der Waals surface area contributed by atoms with E-state index in [-0.39, 0.29) is 5.91 Å². The molecule has 0 saturated carbocycles. The van der Waals surface area contributed by atoms with Crippen molar-refractivity contribution >= 4 is 17.5 Å². The SMILES string of the molecule is COc1cccc(C(=O)N2CCN(c3ccc(N(C)C)nn3)CC2)c1OC. The van der Waals surface area contributed by atoms with Crippen molar-refractivity contribution in [3.63, 3.8) is 0 Å². The molecule has 3 rings (SSSR count). The van der Waals surface area contributed by atoms with Crippen molar-refractivity contribution in [2.24, 2.45) is 0 Å². The summed E-state index contributed by atoms with van der Waals surface area (Å²) in [6.45, 7) is 2.62. The highest BCUT2D eigenvalue weighted by molar-refractivity contribution is 5.98. The van der Waals surface area contributed by atoms with Gasteiger partial charge in [-0.05, 0) is 24.3 Å². The number of amides is 1. The van der Waals surface area contributed by atoms with E-state index in [1.165, 1.54) is 0 Å². The van der Waals surface area contributed by atoms with Gasteiger partial charge >= 0.3 is 0 Å². The van der Waals surface area contributed by atoms with Crippen LogP contribution in [0, 0.1) is 0 Å². The van der Waals surface area contributed by atoms with E-state index in [0.29, 0.717) is 43.2 Å². The van der Waals surface area contributed by atoms with Crippen LogP contribution in [0.4, 0.5) is 11.6 Å². The Morgan fingerprint density at radius 3 is 2.30 bits per heavy atom. The van der Waals surface area contributed by atoms with Crippen LogP contribution in [0.3, 0.4) is 0 Å². The first kappa shape index (κ1) is 18.8. The minimum atomic E-state index is -0.0561. The van der Waals surface area contributed by atoms with Gasteiger partial charge in [-0.3, -0.25) is 4.79 Å². The monoisotopic (exact) mass is 371 g/mol. The molecule has 0 atom stereocenters. The van der Waals surface area contributed by atoms with Crippen molar-refractivity contribution in [1.29, 1.82) is 0 Å². The highest BCUT2D eigenvalue weighted by Gasteiger charge is 2.26. The van der Waals surface area contributed by atoms with E-state index in [4.69, 9.17) is 9.47 Å². The maximum absolute atomic E-state index is 12.9. The van der Waals surface area contributed by atoms with Crippen molar-refractivity contribution in [1.82, 2.24) is 15.1 Å². The number of carbonyl (C=O) groups is 1. The Hall–Kier alpha value is -3.03. The van der Waals surface area contributed by atoms with E-state index >= 15 is 0 Å². The summed E-state index contributed by atoms with van der Waals surface area (Å²) >= 11 is 0. The fourth-order valence-electron chi connectivity index (χ4n) is 3.09. The Labute approximate surface area is 159 Å².